The Balaban J connectivity index is 0.742. The first-order valence-corrected chi connectivity index (χ1v) is 20.0. The Morgan fingerprint density at radius 1 is 1.02 bits per heavy atom. The molecule has 15 nitrogen and oxygen atoms in total. The molecule has 2 aromatic carbocycles. The highest BCUT2D eigenvalue weighted by Gasteiger charge is 2.71. The molecule has 0 radical (unpaired) electrons. The fraction of sp³-hybridized carbons (Fsp3) is 0.429. The van der Waals surface area contributed by atoms with Gasteiger partial charge in [-0.2, -0.15) is 15.5 Å². The van der Waals surface area contributed by atoms with Gasteiger partial charge in [-0.25, -0.2) is 18.1 Å². The van der Waals surface area contributed by atoms with Gasteiger partial charge in [-0.1, -0.05) is 0 Å². The van der Waals surface area contributed by atoms with Gasteiger partial charge < -0.3 is 20.2 Å². The van der Waals surface area contributed by atoms with Crippen molar-refractivity contribution in [2.45, 2.75) is 56.2 Å². The summed E-state index contributed by atoms with van der Waals surface area (Å²) < 4.78 is 33.7. The summed E-state index contributed by atoms with van der Waals surface area (Å²) in [6.45, 7) is 9.47. The van der Waals surface area contributed by atoms with Gasteiger partial charge in [0, 0.05) is 98.8 Å². The molecule has 3 aromatic heterocycles. The van der Waals surface area contributed by atoms with Gasteiger partial charge in [0.1, 0.15) is 17.5 Å². The van der Waals surface area contributed by atoms with Crippen LogP contribution in [0.5, 0.6) is 0 Å². The van der Waals surface area contributed by atoms with Crippen molar-refractivity contribution < 1.29 is 28.3 Å². The first-order valence-electron chi connectivity index (χ1n) is 20.0. The molecule has 6 heterocycles. The summed E-state index contributed by atoms with van der Waals surface area (Å²) >= 11 is 0. The van der Waals surface area contributed by atoms with Crippen LogP contribution in [-0.2, 0) is 15.9 Å². The predicted octanol–water partition coefficient (Wildman–Crippen LogP) is 4.15. The maximum Gasteiger partial charge on any atom is 0.328 e. The number of imide groups is 1. The summed E-state index contributed by atoms with van der Waals surface area (Å²) in [4.78, 5) is 45.2. The smallest absolute Gasteiger partial charge is 0.328 e. The minimum absolute atomic E-state index is 0.0155. The molecule has 6 aliphatic rings. The van der Waals surface area contributed by atoms with E-state index in [1.807, 2.05) is 23.2 Å². The number of amides is 4. The van der Waals surface area contributed by atoms with Crippen LogP contribution in [0, 0.1) is 28.9 Å². The summed E-state index contributed by atoms with van der Waals surface area (Å²) in [5.74, 6) is -2.12. The molecule has 3 aliphatic heterocycles. The normalized spacial score (nSPS) is 23.8. The second kappa shape index (κ2) is 13.3. The van der Waals surface area contributed by atoms with Crippen molar-refractivity contribution >= 4 is 51.3 Å². The van der Waals surface area contributed by atoms with Crippen LogP contribution in [0.1, 0.15) is 61.1 Å². The molecule has 3 aliphatic carbocycles. The molecule has 59 heavy (non-hydrogen) atoms. The van der Waals surface area contributed by atoms with E-state index in [2.05, 4.69) is 36.3 Å². The standard InChI is InChI=1S/C42H43F2N11O4/c1-40(2,59)30-15-33-27(12-34(30)47-38(57)35-4-3-28-11-25(16-45)17-46-55(28)35)21-54(49-33)42-22-41(23-42,24-42)52-9-7-50(8-10-52)18-26-19-51(20-26)29-13-31(43)37(32(44)14-29)53-6-5-36(56)48-39(53)58/h3-4,11-15,17,21,26,59H,5-10,18-20,22-24H2,1-2H3,(H,47,57)(H,48,56,58). The van der Waals surface area contributed by atoms with Gasteiger partial charge in [-0.3, -0.25) is 29.4 Å². The summed E-state index contributed by atoms with van der Waals surface area (Å²) in [6, 6.07) is 12.6. The van der Waals surface area contributed by atoms with E-state index in [1.54, 1.807) is 32.0 Å². The molecule has 3 saturated heterocycles. The number of rotatable bonds is 9. The van der Waals surface area contributed by atoms with Crippen LogP contribution in [0.2, 0.25) is 0 Å². The summed E-state index contributed by atoms with van der Waals surface area (Å²) in [5.41, 5.74) is 1.98. The van der Waals surface area contributed by atoms with E-state index < -0.39 is 40.8 Å². The number of nitrogens with zero attached hydrogens (tertiary/aromatic N) is 9. The van der Waals surface area contributed by atoms with Crippen molar-refractivity contribution in [2.75, 3.05) is 67.5 Å². The van der Waals surface area contributed by atoms with Gasteiger partial charge in [0.15, 0.2) is 11.6 Å². The Hall–Kier alpha value is -5.96. The number of fused-ring (bicyclic) bond motifs is 2. The van der Waals surface area contributed by atoms with E-state index in [4.69, 9.17) is 5.10 Å². The number of piperazine rings is 1. The lowest BCUT2D eigenvalue weighted by Gasteiger charge is -2.74. The molecule has 0 unspecified atom stereocenters. The number of carbonyl (C=O) groups is 3. The molecular weight excluding hydrogens is 761 g/mol. The summed E-state index contributed by atoms with van der Waals surface area (Å²) in [5, 5.41) is 35.6. The van der Waals surface area contributed by atoms with Gasteiger partial charge in [0.2, 0.25) is 5.91 Å². The van der Waals surface area contributed by atoms with Crippen molar-refractivity contribution in [1.82, 2.24) is 34.5 Å². The second-order valence-corrected chi connectivity index (χ2v) is 17.5. The number of hydrogen-bond donors (Lipinski definition) is 3. The zero-order chi connectivity index (χ0) is 41.0. The average molecular weight is 804 g/mol. The van der Waals surface area contributed by atoms with Crippen molar-refractivity contribution in [3.63, 3.8) is 0 Å². The molecule has 0 atom stereocenters. The molecule has 304 valence electrons. The molecule has 3 N–H and O–H groups in total. The Labute approximate surface area is 337 Å². The maximum absolute atomic E-state index is 15.1. The molecule has 5 aromatic rings. The van der Waals surface area contributed by atoms with Gasteiger partial charge in [0.25, 0.3) is 5.91 Å². The van der Waals surface area contributed by atoms with Crippen LogP contribution < -0.4 is 20.4 Å². The molecule has 17 heteroatoms. The predicted molar refractivity (Wildman–Crippen MR) is 213 cm³/mol. The van der Waals surface area contributed by atoms with E-state index in [1.165, 1.54) is 22.8 Å². The Morgan fingerprint density at radius 3 is 2.42 bits per heavy atom. The number of carbonyl (C=O) groups excluding carboxylic acids is 3. The topological polar surface area (TPSA) is 167 Å². The van der Waals surface area contributed by atoms with Crippen LogP contribution in [0.15, 0.2) is 54.9 Å². The quantitative estimate of drug-likeness (QED) is 0.197. The number of benzene rings is 2. The van der Waals surface area contributed by atoms with E-state index in [9.17, 15) is 24.8 Å². The molecule has 3 saturated carbocycles. The van der Waals surface area contributed by atoms with E-state index in [-0.39, 0.29) is 24.0 Å². The average Bonchev–Trinajstić information content (AvgIpc) is 3.76. The fourth-order valence-corrected chi connectivity index (χ4v) is 10.0. The van der Waals surface area contributed by atoms with Crippen molar-refractivity contribution in [2.24, 2.45) is 5.92 Å². The molecule has 0 spiro atoms. The molecule has 6 fully saturated rings. The van der Waals surface area contributed by atoms with E-state index in [0.29, 0.717) is 52.7 Å². The highest BCUT2D eigenvalue weighted by atomic mass is 19.1. The molecule has 4 amide bonds. The third-order valence-electron chi connectivity index (χ3n) is 13.1. The lowest BCUT2D eigenvalue weighted by molar-refractivity contribution is -0.217. The number of anilines is 3. The lowest BCUT2D eigenvalue weighted by Crippen LogP contribution is -2.80. The number of nitriles is 1. The number of halogens is 2. The minimum Gasteiger partial charge on any atom is -0.386 e. The summed E-state index contributed by atoms with van der Waals surface area (Å²) in [7, 11) is 0. The number of aliphatic hydroxyl groups is 1. The third kappa shape index (κ3) is 6.19. The highest BCUT2D eigenvalue weighted by molar-refractivity contribution is 6.06. The van der Waals surface area contributed by atoms with Crippen LogP contribution in [0.4, 0.5) is 30.6 Å². The Bertz CT molecular complexity index is 2590. The number of nitrogens with one attached hydrogen (secondary N) is 2. The number of aromatic nitrogens is 4. The van der Waals surface area contributed by atoms with Crippen LogP contribution in [0.3, 0.4) is 0 Å². The zero-order valence-corrected chi connectivity index (χ0v) is 32.7. The van der Waals surface area contributed by atoms with Crippen LogP contribution >= 0.6 is 0 Å². The molecule has 2 bridgehead atoms. The van der Waals surface area contributed by atoms with Gasteiger partial charge in [-0.15, -0.1) is 0 Å². The SMILES string of the molecule is CC(C)(O)c1cc2nn(C34CC(N5CCN(CC6CN(c7cc(F)c(N8CCC(=O)NC8=O)c(F)c7)C6)CC5)(C3)C4)cc2cc1NC(=O)c1ccc2cc(C#N)cnn12. The fourth-order valence-electron chi connectivity index (χ4n) is 10.0. The molecule has 11 rings (SSSR count). The largest absolute Gasteiger partial charge is 0.386 e. The van der Waals surface area contributed by atoms with Crippen molar-refractivity contribution in [1.29, 1.82) is 5.26 Å². The maximum atomic E-state index is 15.1. The number of hydrogen-bond acceptors (Lipinski definition) is 10. The zero-order valence-electron chi connectivity index (χ0n) is 32.7. The van der Waals surface area contributed by atoms with E-state index >= 15 is 8.78 Å². The van der Waals surface area contributed by atoms with E-state index in [0.717, 1.165) is 67.8 Å². The van der Waals surface area contributed by atoms with Crippen LogP contribution in [-0.4, -0.2) is 110 Å². The minimum atomic E-state index is -1.26. The lowest BCUT2D eigenvalue weighted by atomic mass is 9.43. The Morgan fingerprint density at radius 2 is 1.75 bits per heavy atom. The van der Waals surface area contributed by atoms with Crippen LogP contribution in [0.25, 0.3) is 16.4 Å². The van der Waals surface area contributed by atoms with Gasteiger partial charge in [0.05, 0.1) is 33.9 Å². The summed E-state index contributed by atoms with van der Waals surface area (Å²) in [6.07, 6.45) is 6.50. The monoisotopic (exact) mass is 803 g/mol. The molecular formula is C42H43F2N11O4. The van der Waals surface area contributed by atoms with Crippen molar-refractivity contribution in [3.05, 3.63) is 83.3 Å². The Kier molecular flexibility index (Phi) is 8.40. The first-order chi connectivity index (χ1) is 28.2. The van der Waals surface area contributed by atoms with Crippen molar-refractivity contribution in [3.8, 4) is 6.07 Å². The van der Waals surface area contributed by atoms with Gasteiger partial charge in [-0.05, 0) is 75.6 Å². The second-order valence-electron chi connectivity index (χ2n) is 17.5. The third-order valence-corrected chi connectivity index (χ3v) is 13.1. The van der Waals surface area contributed by atoms with Gasteiger partial charge >= 0.3 is 6.03 Å². The highest BCUT2D eigenvalue weighted by Crippen LogP contribution is 2.68. The number of urea groups is 1. The first kappa shape index (κ1) is 37.3.